The zero-order chi connectivity index (χ0) is 20.6. The zero-order valence-electron chi connectivity index (χ0n) is 15.8. The molecule has 0 fully saturated rings. The van der Waals surface area contributed by atoms with E-state index in [0.29, 0.717) is 5.56 Å². The SMILES string of the molecule is Cc1onc(-c2c(F)cccc2Cl)c1C(=O)OCC(=O)c1cc(C)n(C)c1C. The van der Waals surface area contributed by atoms with E-state index >= 15 is 0 Å². The van der Waals surface area contributed by atoms with Crippen LogP contribution >= 0.6 is 11.6 Å². The van der Waals surface area contributed by atoms with E-state index in [9.17, 15) is 14.0 Å². The Hall–Kier alpha value is -2.93. The molecule has 3 rings (SSSR count). The Morgan fingerprint density at radius 3 is 2.61 bits per heavy atom. The summed E-state index contributed by atoms with van der Waals surface area (Å²) in [6.07, 6.45) is 0. The van der Waals surface area contributed by atoms with E-state index in [-0.39, 0.29) is 33.4 Å². The third kappa shape index (κ3) is 3.45. The molecule has 2 aromatic heterocycles. The van der Waals surface area contributed by atoms with Gasteiger partial charge in [-0.2, -0.15) is 0 Å². The number of rotatable bonds is 5. The summed E-state index contributed by atoms with van der Waals surface area (Å²) in [7, 11) is 1.85. The van der Waals surface area contributed by atoms with E-state index < -0.39 is 18.4 Å². The number of hydrogen-bond donors (Lipinski definition) is 0. The van der Waals surface area contributed by atoms with Crippen LogP contribution in [0.1, 0.15) is 37.9 Å². The molecular weight excluding hydrogens is 387 g/mol. The molecule has 0 atom stereocenters. The highest BCUT2D eigenvalue weighted by Crippen LogP contribution is 2.33. The summed E-state index contributed by atoms with van der Waals surface area (Å²) in [6.45, 7) is 4.72. The number of hydrogen-bond acceptors (Lipinski definition) is 5. The second-order valence-corrected chi connectivity index (χ2v) is 6.81. The average molecular weight is 405 g/mol. The van der Waals surface area contributed by atoms with Gasteiger partial charge in [0.1, 0.15) is 22.8 Å². The van der Waals surface area contributed by atoms with E-state index in [1.807, 2.05) is 25.5 Å². The van der Waals surface area contributed by atoms with Crippen molar-refractivity contribution in [2.45, 2.75) is 20.8 Å². The molecule has 0 unspecified atom stereocenters. The first-order valence-electron chi connectivity index (χ1n) is 8.46. The molecule has 3 aromatic rings. The van der Waals surface area contributed by atoms with E-state index in [4.69, 9.17) is 20.9 Å². The Bertz CT molecular complexity index is 1060. The van der Waals surface area contributed by atoms with Crippen molar-refractivity contribution in [3.63, 3.8) is 0 Å². The molecule has 0 radical (unpaired) electrons. The summed E-state index contributed by atoms with van der Waals surface area (Å²) < 4.78 is 26.3. The molecule has 6 nitrogen and oxygen atoms in total. The molecule has 0 saturated heterocycles. The third-order valence-electron chi connectivity index (χ3n) is 4.68. The summed E-state index contributed by atoms with van der Waals surface area (Å²) in [5, 5.41) is 3.83. The first-order valence-corrected chi connectivity index (χ1v) is 8.84. The van der Waals surface area contributed by atoms with Crippen molar-refractivity contribution in [2.24, 2.45) is 7.05 Å². The van der Waals surface area contributed by atoms with Crippen LogP contribution in [0.3, 0.4) is 0 Å². The van der Waals surface area contributed by atoms with Crippen LogP contribution in [0.15, 0.2) is 28.8 Å². The summed E-state index contributed by atoms with van der Waals surface area (Å²) in [4.78, 5) is 25.0. The van der Waals surface area contributed by atoms with Crippen LogP contribution in [-0.4, -0.2) is 28.1 Å². The minimum atomic E-state index is -0.841. The minimum Gasteiger partial charge on any atom is -0.454 e. The molecule has 0 N–H and O–H groups in total. The fourth-order valence-corrected chi connectivity index (χ4v) is 3.18. The van der Waals surface area contributed by atoms with Crippen molar-refractivity contribution in [2.75, 3.05) is 6.61 Å². The summed E-state index contributed by atoms with van der Waals surface area (Å²) in [5.41, 5.74) is 1.98. The number of halogens is 2. The Balaban J connectivity index is 1.85. The second-order valence-electron chi connectivity index (χ2n) is 6.40. The molecular formula is C20H18ClFN2O4. The number of aryl methyl sites for hydroxylation is 2. The van der Waals surface area contributed by atoms with Gasteiger partial charge in [-0.05, 0) is 39.0 Å². The molecule has 0 bridgehead atoms. The number of benzene rings is 1. The van der Waals surface area contributed by atoms with E-state index in [0.717, 1.165) is 11.4 Å². The maximum absolute atomic E-state index is 14.2. The highest BCUT2D eigenvalue weighted by atomic mass is 35.5. The largest absolute Gasteiger partial charge is 0.454 e. The van der Waals surface area contributed by atoms with Gasteiger partial charge in [-0.25, -0.2) is 9.18 Å². The molecule has 0 spiro atoms. The van der Waals surface area contributed by atoms with Gasteiger partial charge in [0.25, 0.3) is 0 Å². The number of carbonyl (C=O) groups excluding carboxylic acids is 2. The highest BCUT2D eigenvalue weighted by molar-refractivity contribution is 6.33. The lowest BCUT2D eigenvalue weighted by atomic mass is 10.1. The van der Waals surface area contributed by atoms with Gasteiger partial charge in [-0.3, -0.25) is 4.79 Å². The number of ether oxygens (including phenoxy) is 1. The van der Waals surface area contributed by atoms with Crippen molar-refractivity contribution in [1.29, 1.82) is 0 Å². The van der Waals surface area contributed by atoms with E-state index in [1.165, 1.54) is 25.1 Å². The van der Waals surface area contributed by atoms with Gasteiger partial charge in [0.2, 0.25) is 5.78 Å². The van der Waals surface area contributed by atoms with Gasteiger partial charge in [-0.15, -0.1) is 0 Å². The molecule has 2 heterocycles. The molecule has 0 saturated carbocycles. The molecule has 146 valence electrons. The molecule has 0 aliphatic heterocycles. The van der Waals surface area contributed by atoms with Crippen molar-refractivity contribution < 1.29 is 23.2 Å². The normalized spacial score (nSPS) is 10.9. The molecule has 8 heteroatoms. The molecule has 28 heavy (non-hydrogen) atoms. The maximum atomic E-state index is 14.2. The number of Topliss-reactive ketones (excluding diaryl/α,β-unsaturated/α-hetero) is 1. The Morgan fingerprint density at radius 2 is 2.00 bits per heavy atom. The topological polar surface area (TPSA) is 74.3 Å². The van der Waals surface area contributed by atoms with Crippen LogP contribution in [0.5, 0.6) is 0 Å². The van der Waals surface area contributed by atoms with Gasteiger partial charge in [0, 0.05) is 24.0 Å². The van der Waals surface area contributed by atoms with Gasteiger partial charge in [0.15, 0.2) is 6.61 Å². The zero-order valence-corrected chi connectivity index (χ0v) is 16.6. The Kier molecular flexibility index (Phi) is 5.38. The lowest BCUT2D eigenvalue weighted by molar-refractivity contribution is 0.0473. The van der Waals surface area contributed by atoms with Crippen molar-refractivity contribution >= 4 is 23.4 Å². The predicted molar refractivity (Wildman–Crippen MR) is 101 cm³/mol. The monoisotopic (exact) mass is 404 g/mol. The van der Waals surface area contributed by atoms with Crippen LogP contribution in [0.2, 0.25) is 5.02 Å². The van der Waals surface area contributed by atoms with Crippen LogP contribution < -0.4 is 0 Å². The lowest BCUT2D eigenvalue weighted by Crippen LogP contribution is -2.16. The number of esters is 1. The molecule has 0 aliphatic carbocycles. The van der Waals surface area contributed by atoms with Gasteiger partial charge >= 0.3 is 5.97 Å². The first kappa shape index (κ1) is 19.8. The third-order valence-corrected chi connectivity index (χ3v) is 4.99. The summed E-state index contributed by atoms with van der Waals surface area (Å²) in [5.74, 6) is -1.69. The van der Waals surface area contributed by atoms with Crippen LogP contribution in [0.4, 0.5) is 4.39 Å². The Morgan fingerprint density at radius 1 is 1.29 bits per heavy atom. The number of carbonyl (C=O) groups is 2. The summed E-state index contributed by atoms with van der Waals surface area (Å²) >= 11 is 6.06. The van der Waals surface area contributed by atoms with Crippen LogP contribution in [0.25, 0.3) is 11.3 Å². The predicted octanol–water partition coefficient (Wildman–Crippen LogP) is 4.44. The van der Waals surface area contributed by atoms with Gasteiger partial charge in [0.05, 0.1) is 10.6 Å². The van der Waals surface area contributed by atoms with Crippen molar-refractivity contribution in [3.05, 3.63) is 63.4 Å². The first-order chi connectivity index (χ1) is 13.2. The fraction of sp³-hybridized carbons (Fsp3) is 0.250. The number of nitrogens with zero attached hydrogens (tertiary/aromatic N) is 2. The Labute approximate surface area is 165 Å². The average Bonchev–Trinajstić information content (AvgIpc) is 3.14. The van der Waals surface area contributed by atoms with E-state index in [2.05, 4.69) is 5.16 Å². The number of ketones is 1. The fourth-order valence-electron chi connectivity index (χ4n) is 2.93. The summed E-state index contributed by atoms with van der Waals surface area (Å²) in [6, 6.07) is 5.85. The van der Waals surface area contributed by atoms with Crippen LogP contribution in [0, 0.1) is 26.6 Å². The lowest BCUT2D eigenvalue weighted by Gasteiger charge is -2.07. The maximum Gasteiger partial charge on any atom is 0.344 e. The van der Waals surface area contributed by atoms with Crippen molar-refractivity contribution in [1.82, 2.24) is 9.72 Å². The molecule has 0 amide bonds. The van der Waals surface area contributed by atoms with Gasteiger partial charge < -0.3 is 13.8 Å². The molecule has 0 aliphatic rings. The second kappa shape index (κ2) is 7.59. The quantitative estimate of drug-likeness (QED) is 0.464. The standard InChI is InChI=1S/C20H18ClFN2O4/c1-10-8-13(11(2)24(10)4)16(25)9-27-20(26)17-12(3)28-23-19(17)18-14(21)6-5-7-15(18)22/h5-8H,9H2,1-4H3. The minimum absolute atomic E-state index is 0.0613. The van der Waals surface area contributed by atoms with Crippen LogP contribution in [-0.2, 0) is 11.8 Å². The van der Waals surface area contributed by atoms with Gasteiger partial charge in [-0.1, -0.05) is 22.8 Å². The highest BCUT2D eigenvalue weighted by Gasteiger charge is 2.27. The van der Waals surface area contributed by atoms with Crippen molar-refractivity contribution in [3.8, 4) is 11.3 Å². The van der Waals surface area contributed by atoms with E-state index in [1.54, 1.807) is 6.07 Å². The molecule has 1 aromatic carbocycles. The number of aromatic nitrogens is 2. The smallest absolute Gasteiger partial charge is 0.344 e.